The molecule has 1 aliphatic heterocycles. The smallest absolute Gasteiger partial charge is 0.253 e. The molecule has 1 aromatic heterocycles. The summed E-state index contributed by atoms with van der Waals surface area (Å²) in [5, 5.41) is 2.85. The van der Waals surface area contributed by atoms with E-state index in [1.54, 1.807) is 0 Å². The lowest BCUT2D eigenvalue weighted by Gasteiger charge is -2.28. The highest BCUT2D eigenvalue weighted by molar-refractivity contribution is 5.94. The highest BCUT2D eigenvalue weighted by atomic mass is 16.5. The number of ether oxygens (including phenoxy) is 1. The van der Waals surface area contributed by atoms with Crippen molar-refractivity contribution in [1.82, 2.24) is 10.3 Å². The van der Waals surface area contributed by atoms with E-state index in [4.69, 9.17) is 4.74 Å². The molecule has 2 heterocycles. The molecule has 27 heavy (non-hydrogen) atoms. The van der Waals surface area contributed by atoms with Crippen molar-refractivity contribution in [1.29, 1.82) is 0 Å². The maximum Gasteiger partial charge on any atom is 0.253 e. The minimum absolute atomic E-state index is 0.145. The van der Waals surface area contributed by atoms with Gasteiger partial charge in [-0.2, -0.15) is 0 Å². The second-order valence-corrected chi connectivity index (χ2v) is 7.49. The van der Waals surface area contributed by atoms with E-state index in [-0.39, 0.29) is 18.0 Å². The zero-order valence-corrected chi connectivity index (χ0v) is 16.3. The molecule has 144 valence electrons. The first-order valence-corrected chi connectivity index (χ1v) is 9.61. The van der Waals surface area contributed by atoms with Crippen molar-refractivity contribution in [3.63, 3.8) is 0 Å². The minimum atomic E-state index is -0.167. The summed E-state index contributed by atoms with van der Waals surface area (Å²) in [7, 11) is 0. The quantitative estimate of drug-likeness (QED) is 0.849. The Kier molecular flexibility index (Phi) is 6.11. The van der Waals surface area contributed by atoms with Gasteiger partial charge in [0.15, 0.2) is 0 Å². The van der Waals surface area contributed by atoms with Crippen molar-refractivity contribution in [2.45, 2.75) is 46.1 Å². The summed E-state index contributed by atoms with van der Waals surface area (Å²) < 4.78 is 5.45. The average molecular weight is 368 g/mol. The maximum atomic E-state index is 12.5. The number of aryl methyl sites for hydroxylation is 2. The Balaban J connectivity index is 1.63. The third kappa shape index (κ3) is 4.66. The van der Waals surface area contributed by atoms with Gasteiger partial charge < -0.3 is 15.0 Å². The van der Waals surface area contributed by atoms with Crippen LogP contribution >= 0.6 is 0 Å². The number of aromatic nitrogens is 1. The second kappa shape index (κ2) is 8.53. The number of carbonyl (C=O) groups is 1. The molecule has 2 N–H and O–H groups in total. The number of H-pyrrole nitrogens is 1. The van der Waals surface area contributed by atoms with E-state index >= 15 is 0 Å². The van der Waals surface area contributed by atoms with E-state index in [1.165, 1.54) is 5.56 Å². The van der Waals surface area contributed by atoms with Crippen LogP contribution in [0.5, 0.6) is 0 Å². The van der Waals surface area contributed by atoms with Crippen molar-refractivity contribution < 1.29 is 9.53 Å². The van der Waals surface area contributed by atoms with Gasteiger partial charge in [-0.05, 0) is 67.9 Å². The van der Waals surface area contributed by atoms with Crippen LogP contribution in [0.1, 0.15) is 58.4 Å². The molecule has 2 aromatic rings. The van der Waals surface area contributed by atoms with Gasteiger partial charge in [0, 0.05) is 36.6 Å². The SMILES string of the molecule is Cc1cc(C)c(CNC(=O)c2ccc(C(C)C3CCOCC3)cc2)c(=O)[nH]1. The van der Waals surface area contributed by atoms with Crippen LogP contribution in [0, 0.1) is 19.8 Å². The molecule has 1 fully saturated rings. The molecule has 1 amide bonds. The van der Waals surface area contributed by atoms with E-state index in [0.717, 1.165) is 37.3 Å². The van der Waals surface area contributed by atoms with Crippen LogP contribution in [0.2, 0.25) is 0 Å². The normalized spacial score (nSPS) is 16.1. The van der Waals surface area contributed by atoms with Crippen molar-refractivity contribution in [2.24, 2.45) is 5.92 Å². The molecule has 0 spiro atoms. The number of hydrogen-bond acceptors (Lipinski definition) is 3. The number of aromatic amines is 1. The Morgan fingerprint density at radius 1 is 1.22 bits per heavy atom. The molecule has 1 aliphatic rings. The summed E-state index contributed by atoms with van der Waals surface area (Å²) in [6.07, 6.45) is 2.18. The Morgan fingerprint density at radius 3 is 2.52 bits per heavy atom. The number of hydrogen-bond donors (Lipinski definition) is 2. The monoisotopic (exact) mass is 368 g/mol. The zero-order chi connectivity index (χ0) is 19.4. The van der Waals surface area contributed by atoms with Crippen LogP contribution in [0.4, 0.5) is 0 Å². The van der Waals surface area contributed by atoms with Crippen molar-refractivity contribution in [3.05, 3.63) is 68.6 Å². The maximum absolute atomic E-state index is 12.5. The Morgan fingerprint density at radius 2 is 1.89 bits per heavy atom. The topological polar surface area (TPSA) is 71.2 Å². The van der Waals surface area contributed by atoms with E-state index in [2.05, 4.69) is 17.2 Å². The number of amides is 1. The van der Waals surface area contributed by atoms with Crippen molar-refractivity contribution in [3.8, 4) is 0 Å². The van der Waals surface area contributed by atoms with E-state index in [9.17, 15) is 9.59 Å². The largest absolute Gasteiger partial charge is 0.381 e. The molecule has 3 rings (SSSR count). The highest BCUT2D eigenvalue weighted by Crippen LogP contribution is 2.31. The van der Waals surface area contributed by atoms with E-state index in [1.807, 2.05) is 44.2 Å². The molecule has 1 saturated heterocycles. The van der Waals surface area contributed by atoms with E-state index < -0.39 is 0 Å². The third-order valence-corrected chi connectivity index (χ3v) is 5.59. The molecule has 0 aliphatic carbocycles. The number of pyridine rings is 1. The van der Waals surface area contributed by atoms with Crippen molar-refractivity contribution >= 4 is 5.91 Å². The van der Waals surface area contributed by atoms with Gasteiger partial charge in [-0.15, -0.1) is 0 Å². The predicted molar refractivity (Wildman–Crippen MR) is 106 cm³/mol. The van der Waals surface area contributed by atoms with Crippen LogP contribution in [0.3, 0.4) is 0 Å². The zero-order valence-electron chi connectivity index (χ0n) is 16.3. The summed E-state index contributed by atoms with van der Waals surface area (Å²) in [5.74, 6) is 0.925. The fraction of sp³-hybridized carbons (Fsp3) is 0.455. The van der Waals surface area contributed by atoms with Gasteiger partial charge in [-0.25, -0.2) is 0 Å². The summed E-state index contributed by atoms with van der Waals surface area (Å²) in [6.45, 7) is 7.88. The van der Waals surface area contributed by atoms with Gasteiger partial charge >= 0.3 is 0 Å². The summed E-state index contributed by atoms with van der Waals surface area (Å²) in [5.41, 5.74) is 4.02. The second-order valence-electron chi connectivity index (χ2n) is 7.49. The number of nitrogens with one attached hydrogen (secondary N) is 2. The minimum Gasteiger partial charge on any atom is -0.381 e. The van der Waals surface area contributed by atoms with Gasteiger partial charge in [0.05, 0.1) is 0 Å². The molecule has 5 heteroatoms. The molecular weight excluding hydrogens is 340 g/mol. The van der Waals surface area contributed by atoms with Gasteiger partial charge in [0.1, 0.15) is 0 Å². The first-order chi connectivity index (χ1) is 13.0. The van der Waals surface area contributed by atoms with Crippen LogP contribution < -0.4 is 10.9 Å². The van der Waals surface area contributed by atoms with Crippen LogP contribution in [-0.2, 0) is 11.3 Å². The standard InChI is InChI=1S/C22H28N2O3/c1-14-12-15(2)24-22(26)20(14)13-23-21(25)19-6-4-17(5-7-19)16(3)18-8-10-27-11-9-18/h4-7,12,16,18H,8-11,13H2,1-3H3,(H,23,25)(H,24,26). The first kappa shape index (κ1) is 19.4. The van der Waals surface area contributed by atoms with E-state index in [0.29, 0.717) is 23.0 Å². The lowest BCUT2D eigenvalue weighted by atomic mass is 9.82. The highest BCUT2D eigenvalue weighted by Gasteiger charge is 2.22. The third-order valence-electron chi connectivity index (χ3n) is 5.59. The lowest BCUT2D eigenvalue weighted by molar-refractivity contribution is 0.0596. The summed E-state index contributed by atoms with van der Waals surface area (Å²) >= 11 is 0. The molecule has 1 unspecified atom stereocenters. The molecule has 1 aromatic carbocycles. The molecule has 0 saturated carbocycles. The van der Waals surface area contributed by atoms with Gasteiger partial charge in [-0.3, -0.25) is 9.59 Å². The Bertz CT molecular complexity index is 849. The molecule has 0 radical (unpaired) electrons. The van der Waals surface area contributed by atoms with Crippen molar-refractivity contribution in [2.75, 3.05) is 13.2 Å². The molecule has 1 atom stereocenters. The number of rotatable bonds is 5. The molecular formula is C22H28N2O3. The van der Waals surface area contributed by atoms with Crippen LogP contribution in [0.15, 0.2) is 35.1 Å². The van der Waals surface area contributed by atoms with Crippen LogP contribution in [-0.4, -0.2) is 24.1 Å². The fourth-order valence-electron chi connectivity index (χ4n) is 3.80. The number of carbonyl (C=O) groups excluding carboxylic acids is 1. The number of benzene rings is 1. The summed E-state index contributed by atoms with van der Waals surface area (Å²) in [4.78, 5) is 27.3. The van der Waals surface area contributed by atoms with Gasteiger partial charge in [0.2, 0.25) is 0 Å². The Labute approximate surface area is 160 Å². The molecule has 5 nitrogen and oxygen atoms in total. The Hall–Kier alpha value is -2.40. The lowest BCUT2D eigenvalue weighted by Crippen LogP contribution is -2.28. The summed E-state index contributed by atoms with van der Waals surface area (Å²) in [6, 6.07) is 9.73. The predicted octanol–water partition coefficient (Wildman–Crippen LogP) is 3.45. The van der Waals surface area contributed by atoms with Gasteiger partial charge in [-0.1, -0.05) is 19.1 Å². The fourth-order valence-corrected chi connectivity index (χ4v) is 3.80. The average Bonchev–Trinajstić information content (AvgIpc) is 2.67. The molecule has 0 bridgehead atoms. The van der Waals surface area contributed by atoms with Gasteiger partial charge in [0.25, 0.3) is 11.5 Å². The first-order valence-electron chi connectivity index (χ1n) is 9.61. The van der Waals surface area contributed by atoms with Crippen LogP contribution in [0.25, 0.3) is 0 Å².